The number of aromatic nitrogens is 1. The second-order valence-corrected chi connectivity index (χ2v) is 7.66. The number of hydrogen-bond donors (Lipinski definition) is 0. The zero-order valence-corrected chi connectivity index (χ0v) is 17.3. The number of benzene rings is 2. The lowest BCUT2D eigenvalue weighted by Gasteiger charge is -2.14. The molecule has 4 nitrogen and oxygen atoms in total. The third-order valence-corrected chi connectivity index (χ3v) is 5.26. The summed E-state index contributed by atoms with van der Waals surface area (Å²) in [6.45, 7) is 7.05. The summed E-state index contributed by atoms with van der Waals surface area (Å²) in [5, 5.41) is 2.81. The highest BCUT2D eigenvalue weighted by molar-refractivity contribution is 7.13. The van der Waals surface area contributed by atoms with Gasteiger partial charge in [0.15, 0.2) is 0 Å². The second kappa shape index (κ2) is 9.51. The molecule has 1 aromatic heterocycles. The van der Waals surface area contributed by atoms with E-state index in [0.717, 1.165) is 27.6 Å². The fourth-order valence-electron chi connectivity index (χ4n) is 2.87. The van der Waals surface area contributed by atoms with Crippen LogP contribution in [0.5, 0.6) is 5.75 Å². The molecule has 146 valence electrons. The standard InChI is InChI=1S/C23H25NO3S/c1-4-26-22(25)13-19-15-28-23(24-19)18-11-9-17(10-12-18)14-27-21-8-6-5-7-20(21)16(2)3/h5-12,15-16H,4,13-14H2,1-3H3. The topological polar surface area (TPSA) is 48.4 Å². The molecule has 0 aliphatic rings. The minimum absolute atomic E-state index is 0.214. The Balaban J connectivity index is 1.63. The molecule has 0 radical (unpaired) electrons. The zero-order valence-electron chi connectivity index (χ0n) is 16.5. The number of para-hydroxylation sites is 1. The number of carbonyl (C=O) groups is 1. The molecule has 28 heavy (non-hydrogen) atoms. The molecule has 0 atom stereocenters. The molecule has 0 saturated heterocycles. The number of hydrogen-bond acceptors (Lipinski definition) is 5. The Morgan fingerprint density at radius 3 is 2.57 bits per heavy atom. The predicted molar refractivity (Wildman–Crippen MR) is 113 cm³/mol. The fourth-order valence-corrected chi connectivity index (χ4v) is 3.70. The van der Waals surface area contributed by atoms with Crippen molar-refractivity contribution in [1.82, 2.24) is 4.98 Å². The number of thiazole rings is 1. The summed E-state index contributed by atoms with van der Waals surface area (Å²) in [7, 11) is 0. The summed E-state index contributed by atoms with van der Waals surface area (Å²) in [5.74, 6) is 1.12. The number of carbonyl (C=O) groups excluding carboxylic acids is 1. The summed E-state index contributed by atoms with van der Waals surface area (Å²) < 4.78 is 11.0. The van der Waals surface area contributed by atoms with Crippen molar-refractivity contribution in [3.8, 4) is 16.3 Å². The average Bonchev–Trinajstić information content (AvgIpc) is 3.15. The van der Waals surface area contributed by atoms with Crippen molar-refractivity contribution in [3.63, 3.8) is 0 Å². The Kier molecular flexibility index (Phi) is 6.82. The third kappa shape index (κ3) is 5.20. The molecule has 0 aliphatic heterocycles. The molecule has 5 heteroatoms. The summed E-state index contributed by atoms with van der Waals surface area (Å²) in [4.78, 5) is 16.1. The number of esters is 1. The molecule has 0 saturated carbocycles. The Morgan fingerprint density at radius 2 is 1.86 bits per heavy atom. The smallest absolute Gasteiger partial charge is 0.311 e. The van der Waals surface area contributed by atoms with E-state index in [-0.39, 0.29) is 12.4 Å². The van der Waals surface area contributed by atoms with Gasteiger partial charge in [-0.15, -0.1) is 11.3 Å². The number of ether oxygens (including phenoxy) is 2. The van der Waals surface area contributed by atoms with Crippen molar-refractivity contribution in [1.29, 1.82) is 0 Å². The molecule has 3 rings (SSSR count). The normalized spacial score (nSPS) is 10.9. The molecule has 0 spiro atoms. The van der Waals surface area contributed by atoms with Crippen LogP contribution in [0.3, 0.4) is 0 Å². The molecule has 1 heterocycles. The Labute approximate surface area is 170 Å². The van der Waals surface area contributed by atoms with Crippen molar-refractivity contribution in [2.45, 2.75) is 39.7 Å². The van der Waals surface area contributed by atoms with Gasteiger partial charge in [0, 0.05) is 10.9 Å². The lowest BCUT2D eigenvalue weighted by Crippen LogP contribution is -2.07. The van der Waals surface area contributed by atoms with Gasteiger partial charge in [-0.3, -0.25) is 4.79 Å². The SMILES string of the molecule is CCOC(=O)Cc1csc(-c2ccc(COc3ccccc3C(C)C)cc2)n1. The minimum atomic E-state index is -0.242. The largest absolute Gasteiger partial charge is 0.489 e. The molecule has 0 aliphatic carbocycles. The Hall–Kier alpha value is -2.66. The maximum Gasteiger partial charge on any atom is 0.311 e. The summed E-state index contributed by atoms with van der Waals surface area (Å²) >= 11 is 1.53. The second-order valence-electron chi connectivity index (χ2n) is 6.80. The van der Waals surface area contributed by atoms with Crippen LogP contribution in [-0.4, -0.2) is 17.6 Å². The molecule has 0 unspecified atom stereocenters. The quantitative estimate of drug-likeness (QED) is 0.465. The summed E-state index contributed by atoms with van der Waals surface area (Å²) in [6.07, 6.45) is 0.214. The van der Waals surface area contributed by atoms with Gasteiger partial charge < -0.3 is 9.47 Å². The first kappa shape index (κ1) is 20.1. The van der Waals surface area contributed by atoms with Crippen molar-refractivity contribution in [3.05, 3.63) is 70.7 Å². The first-order valence-corrected chi connectivity index (χ1v) is 10.4. The van der Waals surface area contributed by atoms with Gasteiger partial charge in [0.25, 0.3) is 0 Å². The van der Waals surface area contributed by atoms with Gasteiger partial charge in [0.2, 0.25) is 0 Å². The van der Waals surface area contributed by atoms with Crippen molar-refractivity contribution in [2.24, 2.45) is 0 Å². The van der Waals surface area contributed by atoms with Gasteiger partial charge in [0.05, 0.1) is 18.7 Å². The van der Waals surface area contributed by atoms with Gasteiger partial charge >= 0.3 is 5.97 Å². The van der Waals surface area contributed by atoms with Crippen LogP contribution < -0.4 is 4.74 Å². The van der Waals surface area contributed by atoms with Crippen LogP contribution in [0.15, 0.2) is 53.9 Å². The summed E-state index contributed by atoms with van der Waals surface area (Å²) in [6, 6.07) is 16.4. The van der Waals surface area contributed by atoms with E-state index in [0.29, 0.717) is 19.1 Å². The van der Waals surface area contributed by atoms with Gasteiger partial charge in [0.1, 0.15) is 17.4 Å². The average molecular weight is 396 g/mol. The summed E-state index contributed by atoms with van der Waals surface area (Å²) in [5.41, 5.74) is 4.10. The van der Waals surface area contributed by atoms with Crippen LogP contribution in [0.1, 0.15) is 43.5 Å². The van der Waals surface area contributed by atoms with Crippen LogP contribution in [0.25, 0.3) is 10.6 Å². The molecule has 3 aromatic rings. The highest BCUT2D eigenvalue weighted by Gasteiger charge is 2.10. The van der Waals surface area contributed by atoms with E-state index in [9.17, 15) is 4.79 Å². The van der Waals surface area contributed by atoms with E-state index < -0.39 is 0 Å². The monoisotopic (exact) mass is 395 g/mol. The maximum atomic E-state index is 11.6. The molecule has 0 fully saturated rings. The third-order valence-electron chi connectivity index (χ3n) is 4.32. The number of nitrogens with zero attached hydrogens (tertiary/aromatic N) is 1. The Morgan fingerprint density at radius 1 is 1.11 bits per heavy atom. The van der Waals surface area contributed by atoms with Crippen LogP contribution >= 0.6 is 11.3 Å². The first-order valence-electron chi connectivity index (χ1n) is 9.48. The van der Waals surface area contributed by atoms with Gasteiger partial charge in [-0.25, -0.2) is 4.98 Å². The number of rotatable bonds is 8. The van der Waals surface area contributed by atoms with Gasteiger partial charge in [-0.1, -0.05) is 56.3 Å². The van der Waals surface area contributed by atoms with E-state index in [1.54, 1.807) is 6.92 Å². The maximum absolute atomic E-state index is 11.6. The van der Waals surface area contributed by atoms with Crippen molar-refractivity contribution < 1.29 is 14.3 Å². The van der Waals surface area contributed by atoms with Crippen LogP contribution in [-0.2, 0) is 22.6 Å². The first-order chi connectivity index (χ1) is 13.6. The van der Waals surface area contributed by atoms with Crippen LogP contribution in [0.4, 0.5) is 0 Å². The Bertz CT molecular complexity index is 916. The molecule has 0 amide bonds. The molecular formula is C23H25NO3S. The van der Waals surface area contributed by atoms with E-state index in [1.165, 1.54) is 16.9 Å². The van der Waals surface area contributed by atoms with Gasteiger partial charge in [-0.05, 0) is 30.0 Å². The molecular weight excluding hydrogens is 370 g/mol. The van der Waals surface area contributed by atoms with E-state index in [1.807, 2.05) is 35.7 Å². The van der Waals surface area contributed by atoms with E-state index >= 15 is 0 Å². The minimum Gasteiger partial charge on any atom is -0.489 e. The fraction of sp³-hybridized carbons (Fsp3) is 0.304. The molecule has 2 aromatic carbocycles. The molecule has 0 N–H and O–H groups in total. The van der Waals surface area contributed by atoms with Crippen LogP contribution in [0.2, 0.25) is 0 Å². The predicted octanol–water partition coefficient (Wildman–Crippen LogP) is 5.62. The van der Waals surface area contributed by atoms with Crippen LogP contribution in [0, 0.1) is 0 Å². The van der Waals surface area contributed by atoms with E-state index in [4.69, 9.17) is 9.47 Å². The highest BCUT2D eigenvalue weighted by atomic mass is 32.1. The van der Waals surface area contributed by atoms with Crippen molar-refractivity contribution in [2.75, 3.05) is 6.61 Å². The lowest BCUT2D eigenvalue weighted by atomic mass is 10.0. The van der Waals surface area contributed by atoms with Gasteiger partial charge in [-0.2, -0.15) is 0 Å². The molecule has 0 bridgehead atoms. The van der Waals surface area contributed by atoms with Crippen molar-refractivity contribution >= 4 is 17.3 Å². The van der Waals surface area contributed by atoms with E-state index in [2.05, 4.69) is 37.0 Å². The lowest BCUT2D eigenvalue weighted by molar-refractivity contribution is -0.142. The highest BCUT2D eigenvalue weighted by Crippen LogP contribution is 2.28. The zero-order chi connectivity index (χ0) is 19.9.